The van der Waals surface area contributed by atoms with Gasteiger partial charge >= 0.3 is 0 Å². The van der Waals surface area contributed by atoms with E-state index in [4.69, 9.17) is 18.9 Å². The number of nitrogens with zero attached hydrogens (tertiary/aromatic N) is 1. The Morgan fingerprint density at radius 1 is 0.918 bits per heavy atom. The highest BCUT2D eigenvalue weighted by atomic mass is 16.5. The number of H-pyrrole nitrogens is 1. The molecular formula is C61H69N3O9. The number of aryl methyl sites for hydroxylation is 2. The molecule has 12 heteroatoms. The zero-order chi connectivity index (χ0) is 50.5. The summed E-state index contributed by atoms with van der Waals surface area (Å²) in [5.74, 6) is 1.69. The van der Waals surface area contributed by atoms with Gasteiger partial charge in [0.1, 0.15) is 29.0 Å². The molecule has 1 spiro atoms. The average Bonchev–Trinajstić information content (AvgIpc) is 4.11. The molecule has 6 N–H and O–H groups in total. The summed E-state index contributed by atoms with van der Waals surface area (Å²) in [6.07, 6.45) is 8.90. The second-order valence-corrected chi connectivity index (χ2v) is 20.3. The Kier molecular flexibility index (Phi) is 15.3. The summed E-state index contributed by atoms with van der Waals surface area (Å²) < 4.78 is 26.7. The van der Waals surface area contributed by atoms with Crippen molar-refractivity contribution in [2.24, 2.45) is 5.92 Å². The van der Waals surface area contributed by atoms with Gasteiger partial charge in [-0.25, -0.2) is 0 Å². The van der Waals surface area contributed by atoms with E-state index in [9.17, 15) is 25.2 Å². The van der Waals surface area contributed by atoms with Crippen LogP contribution in [-0.2, 0) is 37.7 Å². The number of phenolic OH excluding ortho intramolecular Hbond substituents is 1. The molecule has 5 heterocycles. The lowest BCUT2D eigenvalue weighted by atomic mass is 9.70. The van der Waals surface area contributed by atoms with Crippen molar-refractivity contribution in [2.75, 3.05) is 51.5 Å². The molecule has 5 aromatic carbocycles. The number of piperazine rings is 1. The zero-order valence-electron chi connectivity index (χ0n) is 42.1. The van der Waals surface area contributed by atoms with Crippen molar-refractivity contribution in [3.63, 3.8) is 0 Å². The molecule has 11 rings (SSSR count). The first-order valence-electron chi connectivity index (χ1n) is 26.2. The van der Waals surface area contributed by atoms with Crippen molar-refractivity contribution in [1.29, 1.82) is 0 Å². The largest absolute Gasteiger partial charge is 0.508 e. The molecule has 1 saturated carbocycles. The number of hydrogen-bond acceptors (Lipinski definition) is 11. The number of carbonyl (C=O) groups excluding carboxylic acids is 1. The second kappa shape index (κ2) is 22.3. The van der Waals surface area contributed by atoms with E-state index in [1.54, 1.807) is 30.3 Å². The fraction of sp³-hybridized carbons (Fsp3) is 0.393. The number of fused-ring (bicyclic) bond motifs is 7. The Hall–Kier alpha value is -6.57. The molecule has 12 nitrogen and oxygen atoms in total. The lowest BCUT2D eigenvalue weighted by molar-refractivity contribution is 0.0834. The number of rotatable bonds is 11. The number of nitrogens with one attached hydrogen (secondary N) is 2. The molecule has 4 unspecified atom stereocenters. The van der Waals surface area contributed by atoms with Crippen LogP contribution in [0.15, 0.2) is 109 Å². The summed E-state index contributed by atoms with van der Waals surface area (Å²) in [5, 5.41) is 47.2. The molecule has 4 atom stereocenters. The van der Waals surface area contributed by atoms with Crippen LogP contribution in [-0.4, -0.2) is 89.9 Å². The maximum atomic E-state index is 14.8. The average molecular weight is 988 g/mol. The SMILES string of the molecule is CCc1cc2c([nH]1)N1CCNCC1C1(CCCC1)c1ccc(c(CO)c1)CC(CO)COc1c(c3c(c(OCCC(O)C=Cc4ccccc4)c1OC)C(=O)CC(c1ccc(O)cc1)O3)CCc1cccc-2c1. The molecule has 1 aromatic heterocycles. The summed E-state index contributed by atoms with van der Waals surface area (Å²) in [7, 11) is 1.53. The number of aromatic amines is 1. The van der Waals surface area contributed by atoms with E-state index in [2.05, 4.69) is 70.7 Å². The van der Waals surface area contributed by atoms with E-state index < -0.39 is 18.1 Å². The molecule has 4 bridgehead atoms. The fourth-order valence-electron chi connectivity index (χ4n) is 11.8. The monoisotopic (exact) mass is 988 g/mol. The van der Waals surface area contributed by atoms with Crippen LogP contribution in [0.4, 0.5) is 5.82 Å². The molecule has 1 saturated heterocycles. The van der Waals surface area contributed by atoms with Gasteiger partial charge < -0.3 is 54.6 Å². The van der Waals surface area contributed by atoms with Crippen LogP contribution < -0.4 is 29.2 Å². The number of ether oxygens (including phenoxy) is 4. The summed E-state index contributed by atoms with van der Waals surface area (Å²) in [6, 6.07) is 34.3. The Labute approximate surface area is 428 Å². The molecule has 73 heavy (non-hydrogen) atoms. The van der Waals surface area contributed by atoms with Crippen molar-refractivity contribution in [2.45, 2.75) is 101 Å². The van der Waals surface area contributed by atoms with Gasteiger partial charge in [-0.1, -0.05) is 117 Å². The summed E-state index contributed by atoms with van der Waals surface area (Å²) in [6.45, 7) is 4.51. The fourth-order valence-corrected chi connectivity index (χ4v) is 11.8. The van der Waals surface area contributed by atoms with Crippen LogP contribution in [0.3, 0.4) is 0 Å². The number of phenols is 1. The maximum Gasteiger partial charge on any atom is 0.204 e. The number of aromatic hydroxyl groups is 1. The van der Waals surface area contributed by atoms with Crippen LogP contribution in [0.5, 0.6) is 28.7 Å². The molecule has 0 radical (unpaired) electrons. The van der Waals surface area contributed by atoms with Gasteiger partial charge in [0.25, 0.3) is 0 Å². The van der Waals surface area contributed by atoms with E-state index in [1.165, 1.54) is 18.4 Å². The van der Waals surface area contributed by atoms with E-state index in [1.807, 2.05) is 36.4 Å². The number of anilines is 1. The lowest BCUT2D eigenvalue weighted by Gasteiger charge is -2.48. The maximum absolute atomic E-state index is 14.8. The van der Waals surface area contributed by atoms with Crippen LogP contribution in [0.1, 0.15) is 107 Å². The third kappa shape index (κ3) is 10.4. The van der Waals surface area contributed by atoms with Gasteiger partial charge in [-0.2, -0.15) is 0 Å². The number of ketones is 1. The topological polar surface area (TPSA) is 166 Å². The Balaban J connectivity index is 1.10. The van der Waals surface area contributed by atoms with Crippen molar-refractivity contribution in [3.05, 3.63) is 159 Å². The van der Waals surface area contributed by atoms with Gasteiger partial charge in [0, 0.05) is 60.8 Å². The third-order valence-electron chi connectivity index (χ3n) is 15.7. The van der Waals surface area contributed by atoms with E-state index in [0.29, 0.717) is 36.3 Å². The Morgan fingerprint density at radius 3 is 2.51 bits per heavy atom. The molecule has 5 aliphatic rings. The predicted molar refractivity (Wildman–Crippen MR) is 284 cm³/mol. The Morgan fingerprint density at radius 2 is 1.74 bits per heavy atom. The molecule has 2 fully saturated rings. The van der Waals surface area contributed by atoms with Crippen LogP contribution in [0.25, 0.3) is 17.2 Å². The first-order chi connectivity index (χ1) is 35.7. The number of benzene rings is 5. The lowest BCUT2D eigenvalue weighted by Crippen LogP contribution is -2.60. The minimum Gasteiger partial charge on any atom is -0.508 e. The minimum atomic E-state index is -0.839. The van der Waals surface area contributed by atoms with Crippen molar-refractivity contribution >= 4 is 17.7 Å². The number of aromatic nitrogens is 1. The van der Waals surface area contributed by atoms with Gasteiger partial charge in [0.2, 0.25) is 5.75 Å². The molecule has 1 aliphatic carbocycles. The van der Waals surface area contributed by atoms with E-state index >= 15 is 0 Å². The van der Waals surface area contributed by atoms with E-state index in [-0.39, 0.29) is 79.3 Å². The highest BCUT2D eigenvalue weighted by molar-refractivity contribution is 6.04. The first kappa shape index (κ1) is 50.0. The number of aliphatic hydroxyl groups is 3. The van der Waals surface area contributed by atoms with Gasteiger partial charge in [0.15, 0.2) is 17.3 Å². The molecule has 382 valence electrons. The normalized spacial score (nSPS) is 20.1. The van der Waals surface area contributed by atoms with E-state index in [0.717, 1.165) is 96.5 Å². The summed E-state index contributed by atoms with van der Waals surface area (Å²) in [5.41, 5.74) is 9.95. The quantitative estimate of drug-likeness (QED) is 0.0732. The number of carbonyl (C=O) groups is 1. The molecule has 4 aliphatic heterocycles. The van der Waals surface area contributed by atoms with Crippen molar-refractivity contribution in [3.8, 4) is 39.9 Å². The first-order valence-corrected chi connectivity index (χ1v) is 26.2. The van der Waals surface area contributed by atoms with Crippen molar-refractivity contribution < 1.29 is 44.2 Å². The second-order valence-electron chi connectivity index (χ2n) is 20.3. The predicted octanol–water partition coefficient (Wildman–Crippen LogP) is 9.62. The van der Waals surface area contributed by atoms with Gasteiger partial charge in [0.05, 0.1) is 45.5 Å². The van der Waals surface area contributed by atoms with Gasteiger partial charge in [-0.15, -0.1) is 0 Å². The highest BCUT2D eigenvalue weighted by Crippen LogP contribution is 2.54. The minimum absolute atomic E-state index is 0.00773. The highest BCUT2D eigenvalue weighted by Gasteiger charge is 2.47. The van der Waals surface area contributed by atoms with Crippen LogP contribution >= 0.6 is 0 Å². The van der Waals surface area contributed by atoms with Crippen LogP contribution in [0, 0.1) is 5.92 Å². The molecular weight excluding hydrogens is 919 g/mol. The van der Waals surface area contributed by atoms with Gasteiger partial charge in [-0.05, 0) is 95.7 Å². The standard InChI is InChI=1S/C61H69N3O9/c1-3-47-33-51-44-13-9-12-40(30-44)15-23-50-56-55(52(69)34-53(73-56)42-17-21-48(67)22-18-42)58(71-29-24-49(68)20-14-39-10-5-4-6-11-39)59(70-2)57(50)72-38-41(36-65)31-43-16-19-46(32-45(43)37-66)61(25-7-8-26-61)54-35-62-27-28-64(54)60(51)63-47/h4-6,9-14,16-22,30,32-33,41,49,53-54,62-63,65-68H,3,7-8,15,23-29,31,34-38H2,1-2H3. The number of methoxy groups -OCH3 is 1. The number of Topliss-reactive ketones (excluding diaryl/α,β-unsaturated/α-hetero) is 1. The summed E-state index contributed by atoms with van der Waals surface area (Å²) in [4.78, 5) is 21.3. The molecule has 6 aromatic rings. The van der Waals surface area contributed by atoms with Crippen molar-refractivity contribution in [1.82, 2.24) is 10.3 Å². The molecule has 0 amide bonds. The Bertz CT molecular complexity index is 2910. The zero-order valence-corrected chi connectivity index (χ0v) is 42.1. The summed E-state index contributed by atoms with van der Waals surface area (Å²) >= 11 is 0. The third-order valence-corrected chi connectivity index (χ3v) is 15.7. The number of aliphatic hydroxyl groups excluding tert-OH is 3. The van der Waals surface area contributed by atoms with Gasteiger partial charge in [-0.3, -0.25) is 4.79 Å². The number of hydrogen-bond donors (Lipinski definition) is 6. The van der Waals surface area contributed by atoms with Crippen LogP contribution in [0.2, 0.25) is 0 Å². The smallest absolute Gasteiger partial charge is 0.204 e.